The minimum absolute atomic E-state index is 0.0481. The maximum atomic E-state index is 12.2. The molecule has 1 aliphatic rings. The van der Waals surface area contributed by atoms with E-state index >= 15 is 0 Å². The summed E-state index contributed by atoms with van der Waals surface area (Å²) in [6.07, 6.45) is -0.197. The number of amides is 1. The summed E-state index contributed by atoms with van der Waals surface area (Å²) in [5.41, 5.74) is 0.833. The second-order valence-corrected chi connectivity index (χ2v) is 4.29. The molecule has 1 fully saturated rings. The summed E-state index contributed by atoms with van der Waals surface area (Å²) in [7, 11) is 0. The van der Waals surface area contributed by atoms with E-state index in [0.29, 0.717) is 26.2 Å². The van der Waals surface area contributed by atoms with Crippen LogP contribution < -0.4 is 9.64 Å². The number of rotatable bonds is 5. The van der Waals surface area contributed by atoms with Gasteiger partial charge >= 0.3 is 0 Å². The molecular weight excluding hydrogens is 246 g/mol. The van der Waals surface area contributed by atoms with E-state index in [2.05, 4.69) is 0 Å². The Morgan fingerprint density at radius 3 is 2.79 bits per heavy atom. The Kier molecular flexibility index (Phi) is 4.76. The van der Waals surface area contributed by atoms with Crippen molar-refractivity contribution in [3.05, 3.63) is 24.3 Å². The highest BCUT2D eigenvalue weighted by molar-refractivity contribution is 5.97. The quantitative estimate of drug-likeness (QED) is 0.869. The van der Waals surface area contributed by atoms with Crippen molar-refractivity contribution < 1.29 is 19.4 Å². The first-order valence-corrected chi connectivity index (χ1v) is 6.53. The van der Waals surface area contributed by atoms with Crippen molar-refractivity contribution in [1.29, 1.82) is 0 Å². The molecule has 1 unspecified atom stereocenters. The van der Waals surface area contributed by atoms with E-state index in [4.69, 9.17) is 14.6 Å². The highest BCUT2D eigenvalue weighted by Crippen LogP contribution is 2.23. The minimum Gasteiger partial charge on any atom is -0.494 e. The van der Waals surface area contributed by atoms with E-state index in [9.17, 15) is 4.79 Å². The molecule has 1 amide bonds. The van der Waals surface area contributed by atoms with Crippen LogP contribution in [0.4, 0.5) is 5.69 Å². The second kappa shape index (κ2) is 6.54. The molecule has 5 heteroatoms. The van der Waals surface area contributed by atoms with Crippen molar-refractivity contribution in [2.75, 3.05) is 31.3 Å². The fourth-order valence-corrected chi connectivity index (χ4v) is 2.11. The van der Waals surface area contributed by atoms with Crippen LogP contribution in [-0.2, 0) is 9.53 Å². The fourth-order valence-electron chi connectivity index (χ4n) is 2.11. The molecule has 19 heavy (non-hydrogen) atoms. The van der Waals surface area contributed by atoms with Crippen LogP contribution >= 0.6 is 0 Å². The number of anilines is 1. The zero-order valence-corrected chi connectivity index (χ0v) is 11.0. The van der Waals surface area contributed by atoms with Crippen molar-refractivity contribution in [3.63, 3.8) is 0 Å². The van der Waals surface area contributed by atoms with Crippen LogP contribution in [0.3, 0.4) is 0 Å². The van der Waals surface area contributed by atoms with E-state index in [0.717, 1.165) is 11.4 Å². The molecule has 0 aliphatic carbocycles. The van der Waals surface area contributed by atoms with Crippen molar-refractivity contribution in [1.82, 2.24) is 0 Å². The van der Waals surface area contributed by atoms with Gasteiger partial charge in [0, 0.05) is 25.3 Å². The molecule has 5 nitrogen and oxygen atoms in total. The third kappa shape index (κ3) is 3.24. The molecule has 0 aromatic heterocycles. The van der Waals surface area contributed by atoms with Gasteiger partial charge in [0.1, 0.15) is 11.9 Å². The number of aliphatic hydroxyl groups excluding tert-OH is 1. The highest BCUT2D eigenvalue weighted by atomic mass is 16.5. The summed E-state index contributed by atoms with van der Waals surface area (Å²) < 4.78 is 10.7. The van der Waals surface area contributed by atoms with Gasteiger partial charge in [0.05, 0.1) is 13.2 Å². The van der Waals surface area contributed by atoms with E-state index in [1.54, 1.807) is 4.90 Å². The van der Waals surface area contributed by atoms with Crippen LogP contribution in [-0.4, -0.2) is 43.5 Å². The first-order chi connectivity index (χ1) is 9.26. The van der Waals surface area contributed by atoms with Gasteiger partial charge in [-0.15, -0.1) is 0 Å². The lowest BCUT2D eigenvalue weighted by atomic mass is 10.1. The lowest BCUT2D eigenvalue weighted by Gasteiger charge is -2.32. The zero-order chi connectivity index (χ0) is 13.7. The number of ether oxygens (including phenoxy) is 2. The Morgan fingerprint density at radius 2 is 2.16 bits per heavy atom. The maximum absolute atomic E-state index is 12.2. The average molecular weight is 265 g/mol. The summed E-state index contributed by atoms with van der Waals surface area (Å²) in [5.74, 6) is 0.698. The molecule has 1 aromatic rings. The summed E-state index contributed by atoms with van der Waals surface area (Å²) in [6, 6.07) is 7.43. The highest BCUT2D eigenvalue weighted by Gasteiger charge is 2.29. The Balaban J connectivity index is 2.09. The molecular formula is C14H19NO4. The Morgan fingerprint density at radius 1 is 1.42 bits per heavy atom. The first-order valence-electron chi connectivity index (χ1n) is 6.53. The topological polar surface area (TPSA) is 59.0 Å². The summed E-state index contributed by atoms with van der Waals surface area (Å²) in [5, 5.41) is 8.92. The van der Waals surface area contributed by atoms with Gasteiger partial charge in [-0.25, -0.2) is 0 Å². The maximum Gasteiger partial charge on any atom is 0.256 e. The van der Waals surface area contributed by atoms with Gasteiger partial charge in [0.25, 0.3) is 5.91 Å². The van der Waals surface area contributed by atoms with Crippen LogP contribution in [0.2, 0.25) is 0 Å². The van der Waals surface area contributed by atoms with Gasteiger partial charge in [-0.05, 0) is 31.2 Å². The van der Waals surface area contributed by atoms with Crippen LogP contribution in [0.15, 0.2) is 24.3 Å². The molecule has 2 rings (SSSR count). The van der Waals surface area contributed by atoms with Crippen molar-refractivity contribution in [3.8, 4) is 5.75 Å². The first kappa shape index (κ1) is 13.8. The Hall–Kier alpha value is -1.59. The minimum atomic E-state index is -0.537. The largest absolute Gasteiger partial charge is 0.494 e. The van der Waals surface area contributed by atoms with Crippen LogP contribution in [0, 0.1) is 0 Å². The number of hydrogen-bond acceptors (Lipinski definition) is 4. The van der Waals surface area contributed by atoms with E-state index in [-0.39, 0.29) is 12.5 Å². The van der Waals surface area contributed by atoms with Crippen LogP contribution in [0.1, 0.15) is 13.3 Å². The summed E-state index contributed by atoms with van der Waals surface area (Å²) >= 11 is 0. The van der Waals surface area contributed by atoms with Crippen molar-refractivity contribution in [2.24, 2.45) is 0 Å². The van der Waals surface area contributed by atoms with E-state index in [1.165, 1.54) is 0 Å². The summed E-state index contributed by atoms with van der Waals surface area (Å²) in [6.45, 7) is 3.53. The number of carbonyl (C=O) groups is 1. The molecule has 1 heterocycles. The Bertz CT molecular complexity index is 416. The van der Waals surface area contributed by atoms with Gasteiger partial charge in [0.15, 0.2) is 0 Å². The lowest BCUT2D eigenvalue weighted by molar-refractivity contribution is -0.134. The second-order valence-electron chi connectivity index (χ2n) is 4.29. The zero-order valence-electron chi connectivity index (χ0n) is 11.0. The third-order valence-corrected chi connectivity index (χ3v) is 3.03. The van der Waals surface area contributed by atoms with Crippen molar-refractivity contribution in [2.45, 2.75) is 19.4 Å². The predicted molar refractivity (Wildman–Crippen MR) is 71.4 cm³/mol. The molecule has 0 spiro atoms. The molecule has 104 valence electrons. The van der Waals surface area contributed by atoms with Crippen molar-refractivity contribution >= 4 is 11.6 Å². The number of nitrogens with zero attached hydrogens (tertiary/aromatic N) is 1. The number of morpholine rings is 1. The molecule has 1 saturated heterocycles. The molecule has 0 radical (unpaired) electrons. The number of aliphatic hydroxyl groups is 1. The van der Waals surface area contributed by atoms with E-state index in [1.807, 2.05) is 31.2 Å². The summed E-state index contributed by atoms with van der Waals surface area (Å²) in [4.78, 5) is 13.9. The monoisotopic (exact) mass is 265 g/mol. The van der Waals surface area contributed by atoms with Crippen LogP contribution in [0.25, 0.3) is 0 Å². The number of benzene rings is 1. The molecule has 1 atom stereocenters. The number of hydrogen-bond donors (Lipinski definition) is 1. The third-order valence-electron chi connectivity index (χ3n) is 3.03. The average Bonchev–Trinajstić information content (AvgIpc) is 2.43. The fraction of sp³-hybridized carbons (Fsp3) is 0.500. The lowest BCUT2D eigenvalue weighted by Crippen LogP contribution is -2.48. The molecule has 1 aliphatic heterocycles. The normalized spacial score (nSPS) is 19.6. The molecule has 0 saturated carbocycles. The van der Waals surface area contributed by atoms with Gasteiger partial charge in [-0.2, -0.15) is 0 Å². The smallest absolute Gasteiger partial charge is 0.256 e. The number of carbonyl (C=O) groups excluding carboxylic acids is 1. The predicted octanol–water partition coefficient (Wildman–Crippen LogP) is 1.20. The van der Waals surface area contributed by atoms with Crippen LogP contribution in [0.5, 0.6) is 5.75 Å². The van der Waals surface area contributed by atoms with Gasteiger partial charge < -0.3 is 19.5 Å². The SMILES string of the molecule is CCOc1ccc(N2CCOC(CCO)C2=O)cc1. The van der Waals surface area contributed by atoms with Gasteiger partial charge in [-0.1, -0.05) is 0 Å². The van der Waals surface area contributed by atoms with Gasteiger partial charge in [-0.3, -0.25) is 4.79 Å². The Labute approximate surface area is 112 Å². The molecule has 1 N–H and O–H groups in total. The van der Waals surface area contributed by atoms with Gasteiger partial charge in [0.2, 0.25) is 0 Å². The molecule has 0 bridgehead atoms. The standard InChI is InChI=1S/C14H19NO4/c1-2-18-12-5-3-11(4-6-12)15-8-10-19-13(7-9-16)14(15)17/h3-6,13,16H,2,7-10H2,1H3. The molecule has 1 aromatic carbocycles. The van der Waals surface area contributed by atoms with E-state index < -0.39 is 6.10 Å².